The Morgan fingerprint density at radius 1 is 1.33 bits per heavy atom. The van der Waals surface area contributed by atoms with Crippen molar-refractivity contribution in [3.05, 3.63) is 0 Å². The number of β-amino-alcohol motifs (C(OH)–C–C–N with tert-alkyl or cyclic N) is 1. The molecule has 2 rings (SSSR count). The zero-order valence-electron chi connectivity index (χ0n) is 9.15. The smallest absolute Gasteiger partial charge is 0.239 e. The molecule has 5 heteroatoms. The third-order valence-electron chi connectivity index (χ3n) is 3.22. The Balaban J connectivity index is 1.85. The maximum Gasteiger partial charge on any atom is 0.239 e. The lowest BCUT2D eigenvalue weighted by Crippen LogP contribution is -2.52. The highest BCUT2D eigenvalue weighted by atomic mass is 16.3. The highest BCUT2D eigenvalue weighted by Crippen LogP contribution is 2.11. The van der Waals surface area contributed by atoms with E-state index in [9.17, 15) is 9.90 Å². The van der Waals surface area contributed by atoms with Crippen LogP contribution in [0.2, 0.25) is 0 Å². The Bertz CT molecular complexity index is 239. The van der Waals surface area contributed by atoms with Crippen molar-refractivity contribution in [3.63, 3.8) is 0 Å². The fourth-order valence-corrected chi connectivity index (χ4v) is 2.15. The number of aliphatic hydroxyl groups is 1. The quantitative estimate of drug-likeness (QED) is 0.556. The largest absolute Gasteiger partial charge is 0.392 e. The molecule has 0 spiro atoms. The van der Waals surface area contributed by atoms with E-state index in [0.717, 1.165) is 26.2 Å². The van der Waals surface area contributed by atoms with Gasteiger partial charge in [0.2, 0.25) is 5.91 Å². The summed E-state index contributed by atoms with van der Waals surface area (Å²) in [5, 5.41) is 12.4. The van der Waals surface area contributed by atoms with Crippen molar-refractivity contribution in [2.75, 3.05) is 39.8 Å². The van der Waals surface area contributed by atoms with Crippen LogP contribution in [-0.2, 0) is 4.79 Å². The summed E-state index contributed by atoms with van der Waals surface area (Å²) in [6.07, 6.45) is 0.206. The van der Waals surface area contributed by atoms with E-state index in [0.29, 0.717) is 13.0 Å². The molecule has 15 heavy (non-hydrogen) atoms. The lowest BCUT2D eigenvalue weighted by molar-refractivity contribution is -0.134. The number of hydrogen-bond donors (Lipinski definition) is 2. The lowest BCUT2D eigenvalue weighted by atomic mass is 10.1. The summed E-state index contributed by atoms with van der Waals surface area (Å²) in [6.45, 7) is 4.05. The number of hydrogen-bond acceptors (Lipinski definition) is 4. The minimum absolute atomic E-state index is 0.152. The molecule has 0 aromatic carbocycles. The van der Waals surface area contributed by atoms with Crippen molar-refractivity contribution < 1.29 is 9.90 Å². The first kappa shape index (κ1) is 10.9. The maximum absolute atomic E-state index is 12.0. The molecule has 2 saturated heterocycles. The molecule has 0 aliphatic carbocycles. The van der Waals surface area contributed by atoms with Gasteiger partial charge >= 0.3 is 0 Å². The summed E-state index contributed by atoms with van der Waals surface area (Å²) in [5.74, 6) is 0.152. The van der Waals surface area contributed by atoms with E-state index in [4.69, 9.17) is 0 Å². The van der Waals surface area contributed by atoms with E-state index < -0.39 is 0 Å². The zero-order valence-corrected chi connectivity index (χ0v) is 9.15. The number of rotatable bonds is 1. The van der Waals surface area contributed by atoms with Crippen LogP contribution in [0.5, 0.6) is 0 Å². The molecule has 0 aromatic rings. The van der Waals surface area contributed by atoms with Gasteiger partial charge in [-0.1, -0.05) is 0 Å². The molecule has 0 aromatic heterocycles. The van der Waals surface area contributed by atoms with Gasteiger partial charge in [0.15, 0.2) is 0 Å². The average Bonchev–Trinajstić information content (AvgIpc) is 2.65. The Kier molecular flexibility index (Phi) is 3.23. The number of carbonyl (C=O) groups is 1. The summed E-state index contributed by atoms with van der Waals surface area (Å²) in [5.41, 5.74) is 0. The van der Waals surface area contributed by atoms with Crippen LogP contribution in [0.15, 0.2) is 0 Å². The summed E-state index contributed by atoms with van der Waals surface area (Å²) in [4.78, 5) is 16.1. The summed E-state index contributed by atoms with van der Waals surface area (Å²) < 4.78 is 0. The van der Waals surface area contributed by atoms with Crippen LogP contribution in [0.25, 0.3) is 0 Å². The molecule has 2 N–H and O–H groups in total. The molecule has 0 saturated carbocycles. The van der Waals surface area contributed by atoms with Crippen LogP contribution in [-0.4, -0.2) is 72.7 Å². The number of nitrogens with zero attached hydrogens (tertiary/aromatic N) is 2. The molecule has 0 radical (unpaired) electrons. The van der Waals surface area contributed by atoms with Crippen molar-refractivity contribution in [2.45, 2.75) is 18.6 Å². The number of nitrogens with one attached hydrogen (secondary N) is 1. The molecule has 5 nitrogen and oxygen atoms in total. The predicted octanol–water partition coefficient (Wildman–Crippen LogP) is -1.52. The number of likely N-dealkylation sites (N-methyl/N-ethyl adjacent to an activating group) is 1. The monoisotopic (exact) mass is 213 g/mol. The molecule has 2 fully saturated rings. The van der Waals surface area contributed by atoms with Crippen LogP contribution in [0, 0.1) is 0 Å². The summed E-state index contributed by atoms with van der Waals surface area (Å²) in [7, 11) is 2.07. The van der Waals surface area contributed by atoms with E-state index in [1.807, 2.05) is 4.90 Å². The van der Waals surface area contributed by atoms with Crippen LogP contribution < -0.4 is 5.32 Å². The Labute approximate surface area is 90.0 Å². The number of aliphatic hydroxyl groups excluding tert-OH is 1. The molecule has 2 atom stereocenters. The van der Waals surface area contributed by atoms with Gasteiger partial charge in [0.25, 0.3) is 0 Å². The normalized spacial score (nSPS) is 33.3. The molecule has 0 unspecified atom stereocenters. The average molecular weight is 213 g/mol. The van der Waals surface area contributed by atoms with E-state index in [1.165, 1.54) is 0 Å². The van der Waals surface area contributed by atoms with Gasteiger partial charge in [-0.25, -0.2) is 0 Å². The van der Waals surface area contributed by atoms with Crippen molar-refractivity contribution in [1.29, 1.82) is 0 Å². The van der Waals surface area contributed by atoms with E-state index >= 15 is 0 Å². The molecule has 2 heterocycles. The van der Waals surface area contributed by atoms with Gasteiger partial charge < -0.3 is 20.2 Å². The maximum atomic E-state index is 12.0. The second kappa shape index (κ2) is 4.47. The number of piperazine rings is 1. The molecule has 1 amide bonds. The number of amides is 1. The van der Waals surface area contributed by atoms with Crippen molar-refractivity contribution in [1.82, 2.24) is 15.1 Å². The molecule has 2 aliphatic rings. The number of carbonyl (C=O) groups excluding carboxylic acids is 1. The zero-order chi connectivity index (χ0) is 10.8. The van der Waals surface area contributed by atoms with Gasteiger partial charge in [-0.05, 0) is 13.5 Å². The molecular weight excluding hydrogens is 194 g/mol. The van der Waals surface area contributed by atoms with Crippen molar-refractivity contribution in [2.24, 2.45) is 0 Å². The highest BCUT2D eigenvalue weighted by Gasteiger charge is 2.32. The first-order chi connectivity index (χ1) is 7.16. The van der Waals surface area contributed by atoms with Crippen molar-refractivity contribution >= 4 is 5.91 Å². The van der Waals surface area contributed by atoms with Crippen LogP contribution >= 0.6 is 0 Å². The minimum atomic E-state index is -0.355. The van der Waals surface area contributed by atoms with Gasteiger partial charge in [0, 0.05) is 32.7 Å². The Morgan fingerprint density at radius 2 is 2.00 bits per heavy atom. The SMILES string of the molecule is CN1CCN(C(=O)[C@H]2C[C@@H](O)CN2)CC1. The van der Waals surface area contributed by atoms with Crippen LogP contribution in [0.3, 0.4) is 0 Å². The second-order valence-electron chi connectivity index (χ2n) is 4.48. The summed E-state index contributed by atoms with van der Waals surface area (Å²) >= 11 is 0. The third-order valence-corrected chi connectivity index (χ3v) is 3.22. The van der Waals surface area contributed by atoms with Gasteiger partial charge in [-0.15, -0.1) is 0 Å². The van der Waals surface area contributed by atoms with E-state index in [1.54, 1.807) is 0 Å². The third kappa shape index (κ3) is 2.48. The molecule has 2 aliphatic heterocycles. The standard InChI is InChI=1S/C10H19N3O2/c1-12-2-4-13(5-3-12)10(15)9-6-8(14)7-11-9/h8-9,11,14H,2-7H2,1H3/t8-,9-/m1/s1. The molecule has 0 bridgehead atoms. The van der Waals surface area contributed by atoms with Gasteiger partial charge in [-0.3, -0.25) is 4.79 Å². The molecular formula is C10H19N3O2. The van der Waals surface area contributed by atoms with Gasteiger partial charge in [-0.2, -0.15) is 0 Å². The fourth-order valence-electron chi connectivity index (χ4n) is 2.15. The van der Waals surface area contributed by atoms with Gasteiger partial charge in [0.1, 0.15) is 0 Å². The Hall–Kier alpha value is -0.650. The first-order valence-electron chi connectivity index (χ1n) is 5.55. The lowest BCUT2D eigenvalue weighted by Gasteiger charge is -2.33. The van der Waals surface area contributed by atoms with Crippen LogP contribution in [0.1, 0.15) is 6.42 Å². The first-order valence-corrected chi connectivity index (χ1v) is 5.55. The van der Waals surface area contributed by atoms with Crippen molar-refractivity contribution in [3.8, 4) is 0 Å². The highest BCUT2D eigenvalue weighted by molar-refractivity contribution is 5.82. The fraction of sp³-hybridized carbons (Fsp3) is 0.900. The topological polar surface area (TPSA) is 55.8 Å². The Morgan fingerprint density at radius 3 is 2.53 bits per heavy atom. The summed E-state index contributed by atoms with van der Waals surface area (Å²) in [6, 6.07) is -0.164. The van der Waals surface area contributed by atoms with Crippen LogP contribution in [0.4, 0.5) is 0 Å². The molecule has 86 valence electrons. The predicted molar refractivity (Wildman–Crippen MR) is 56.5 cm³/mol. The minimum Gasteiger partial charge on any atom is -0.392 e. The second-order valence-corrected chi connectivity index (χ2v) is 4.48. The van der Waals surface area contributed by atoms with Gasteiger partial charge in [0.05, 0.1) is 12.1 Å². The van der Waals surface area contributed by atoms with E-state index in [-0.39, 0.29) is 18.1 Å². The van der Waals surface area contributed by atoms with E-state index in [2.05, 4.69) is 17.3 Å².